The molecule has 1 atom stereocenters. The molecular formula is C17H19N3O4. The van der Waals surface area contributed by atoms with Crippen LogP contribution in [0.3, 0.4) is 0 Å². The molecule has 1 aliphatic heterocycles. The van der Waals surface area contributed by atoms with Gasteiger partial charge in [-0.05, 0) is 31.5 Å². The fourth-order valence-electron chi connectivity index (χ4n) is 2.34. The second-order valence-electron chi connectivity index (χ2n) is 5.69. The Balaban J connectivity index is 1.77. The van der Waals surface area contributed by atoms with Crippen LogP contribution in [0.1, 0.15) is 20.3 Å². The van der Waals surface area contributed by atoms with Gasteiger partial charge in [-0.1, -0.05) is 6.92 Å². The van der Waals surface area contributed by atoms with Crippen molar-refractivity contribution >= 4 is 5.91 Å². The van der Waals surface area contributed by atoms with E-state index in [0.29, 0.717) is 17.2 Å². The van der Waals surface area contributed by atoms with Crippen LogP contribution in [0.4, 0.5) is 0 Å². The van der Waals surface area contributed by atoms with Gasteiger partial charge in [-0.25, -0.2) is 4.98 Å². The van der Waals surface area contributed by atoms with Gasteiger partial charge in [-0.2, -0.15) is 0 Å². The van der Waals surface area contributed by atoms with Crippen molar-refractivity contribution in [3.63, 3.8) is 0 Å². The summed E-state index contributed by atoms with van der Waals surface area (Å²) < 4.78 is 11.9. The number of nitrogens with zero attached hydrogens (tertiary/aromatic N) is 2. The van der Waals surface area contributed by atoms with E-state index in [1.54, 1.807) is 12.1 Å². The number of fused-ring (bicyclic) bond motifs is 1. The first-order chi connectivity index (χ1) is 11.6. The number of rotatable bonds is 5. The summed E-state index contributed by atoms with van der Waals surface area (Å²) in [5, 5.41) is 2.82. The largest absolute Gasteiger partial charge is 0.454 e. The Bertz CT molecular complexity index is 816. The average Bonchev–Trinajstić information content (AvgIpc) is 3.04. The van der Waals surface area contributed by atoms with Crippen molar-refractivity contribution < 1.29 is 14.3 Å². The molecule has 2 aromatic rings. The Morgan fingerprint density at radius 1 is 1.33 bits per heavy atom. The van der Waals surface area contributed by atoms with Gasteiger partial charge in [0.15, 0.2) is 11.5 Å². The van der Waals surface area contributed by atoms with Gasteiger partial charge in [0, 0.05) is 17.7 Å². The molecule has 0 saturated heterocycles. The Kier molecular flexibility index (Phi) is 4.50. The van der Waals surface area contributed by atoms with Crippen LogP contribution in [0.5, 0.6) is 11.5 Å². The van der Waals surface area contributed by atoms with Gasteiger partial charge in [-0.3, -0.25) is 14.2 Å². The predicted octanol–water partition coefficient (Wildman–Crippen LogP) is 1.55. The lowest BCUT2D eigenvalue weighted by Gasteiger charge is -2.12. The first-order valence-corrected chi connectivity index (χ1v) is 7.82. The number of carbonyl (C=O) groups excluding carboxylic acids is 1. The topological polar surface area (TPSA) is 82.5 Å². The monoisotopic (exact) mass is 329 g/mol. The molecule has 2 heterocycles. The first kappa shape index (κ1) is 16.0. The van der Waals surface area contributed by atoms with Gasteiger partial charge < -0.3 is 14.8 Å². The van der Waals surface area contributed by atoms with Gasteiger partial charge in [0.1, 0.15) is 6.54 Å². The molecule has 0 spiro atoms. The van der Waals surface area contributed by atoms with Crippen LogP contribution in [0.2, 0.25) is 0 Å². The molecule has 0 bridgehead atoms. The normalized spacial score (nSPS) is 13.6. The molecule has 7 nitrogen and oxygen atoms in total. The third-order valence-electron chi connectivity index (χ3n) is 3.88. The highest BCUT2D eigenvalue weighted by atomic mass is 16.7. The lowest BCUT2D eigenvalue weighted by Crippen LogP contribution is -2.37. The third kappa shape index (κ3) is 3.40. The molecule has 24 heavy (non-hydrogen) atoms. The van der Waals surface area contributed by atoms with Crippen LogP contribution < -0.4 is 20.3 Å². The molecule has 1 N–H and O–H groups in total. The van der Waals surface area contributed by atoms with E-state index in [2.05, 4.69) is 10.3 Å². The molecule has 0 aliphatic carbocycles. The Hall–Kier alpha value is -2.83. The van der Waals surface area contributed by atoms with E-state index in [0.717, 1.165) is 12.0 Å². The fraction of sp³-hybridized carbons (Fsp3) is 0.353. The van der Waals surface area contributed by atoms with Crippen LogP contribution >= 0.6 is 0 Å². The van der Waals surface area contributed by atoms with Crippen molar-refractivity contribution in [3.05, 3.63) is 40.9 Å². The Labute approximate surface area is 139 Å². The quantitative estimate of drug-likeness (QED) is 0.900. The van der Waals surface area contributed by atoms with E-state index in [4.69, 9.17) is 9.47 Å². The summed E-state index contributed by atoms with van der Waals surface area (Å²) in [7, 11) is 0. The van der Waals surface area contributed by atoms with Crippen molar-refractivity contribution in [1.29, 1.82) is 0 Å². The molecule has 1 aromatic heterocycles. The van der Waals surface area contributed by atoms with Gasteiger partial charge in [0.05, 0.1) is 12.0 Å². The van der Waals surface area contributed by atoms with Crippen molar-refractivity contribution in [2.24, 2.45) is 0 Å². The summed E-state index contributed by atoms with van der Waals surface area (Å²) in [5.74, 6) is 1.10. The number of benzene rings is 1. The van der Waals surface area contributed by atoms with Crippen LogP contribution in [0.25, 0.3) is 11.3 Å². The lowest BCUT2D eigenvalue weighted by molar-refractivity contribution is -0.122. The first-order valence-electron chi connectivity index (χ1n) is 7.82. The van der Waals surface area contributed by atoms with Gasteiger partial charge >= 0.3 is 0 Å². The molecule has 1 amide bonds. The van der Waals surface area contributed by atoms with Crippen molar-refractivity contribution in [2.45, 2.75) is 32.9 Å². The Morgan fingerprint density at radius 2 is 2.12 bits per heavy atom. The van der Waals surface area contributed by atoms with Crippen LogP contribution in [0.15, 0.2) is 35.4 Å². The molecule has 1 unspecified atom stereocenters. The third-order valence-corrected chi connectivity index (χ3v) is 3.88. The van der Waals surface area contributed by atoms with Crippen molar-refractivity contribution in [3.8, 4) is 22.8 Å². The van der Waals surface area contributed by atoms with E-state index in [-0.39, 0.29) is 30.8 Å². The SMILES string of the molecule is CCC(C)NC(=O)Cn1cnc(-c2ccc3c(c2)OCO3)cc1=O. The standard InChI is InChI=1S/C17H19N3O4/c1-3-11(2)19-16(21)8-20-9-18-13(7-17(20)22)12-4-5-14-15(6-12)24-10-23-14/h4-7,9,11H,3,8,10H2,1-2H3,(H,19,21). The summed E-state index contributed by atoms with van der Waals surface area (Å²) >= 11 is 0. The van der Waals surface area contributed by atoms with Crippen LogP contribution in [-0.2, 0) is 11.3 Å². The molecule has 126 valence electrons. The maximum Gasteiger partial charge on any atom is 0.254 e. The van der Waals surface area contributed by atoms with Gasteiger partial charge in [0.25, 0.3) is 5.56 Å². The Morgan fingerprint density at radius 3 is 2.88 bits per heavy atom. The second kappa shape index (κ2) is 6.74. The zero-order chi connectivity index (χ0) is 17.1. The minimum absolute atomic E-state index is 0.0441. The van der Waals surface area contributed by atoms with Crippen LogP contribution in [0, 0.1) is 0 Å². The van der Waals surface area contributed by atoms with Crippen molar-refractivity contribution in [1.82, 2.24) is 14.9 Å². The minimum Gasteiger partial charge on any atom is -0.454 e. The number of amides is 1. The van der Waals surface area contributed by atoms with E-state index >= 15 is 0 Å². The van der Waals surface area contributed by atoms with Gasteiger partial charge in [0.2, 0.25) is 12.7 Å². The highest BCUT2D eigenvalue weighted by molar-refractivity contribution is 5.76. The van der Waals surface area contributed by atoms with Crippen molar-refractivity contribution in [2.75, 3.05) is 6.79 Å². The molecule has 7 heteroatoms. The van der Waals surface area contributed by atoms with E-state index in [9.17, 15) is 9.59 Å². The average molecular weight is 329 g/mol. The maximum atomic E-state index is 12.2. The summed E-state index contributed by atoms with van der Waals surface area (Å²) in [6.45, 7) is 4.05. The molecule has 0 radical (unpaired) electrons. The number of aromatic nitrogens is 2. The summed E-state index contributed by atoms with van der Waals surface area (Å²) in [4.78, 5) is 28.4. The highest BCUT2D eigenvalue weighted by Crippen LogP contribution is 2.35. The minimum atomic E-state index is -0.281. The fourth-order valence-corrected chi connectivity index (χ4v) is 2.34. The van der Waals surface area contributed by atoms with E-state index in [1.165, 1.54) is 17.0 Å². The zero-order valence-electron chi connectivity index (χ0n) is 13.6. The molecule has 1 aliphatic rings. The maximum absolute atomic E-state index is 12.2. The van der Waals surface area contributed by atoms with E-state index in [1.807, 2.05) is 19.9 Å². The highest BCUT2D eigenvalue weighted by Gasteiger charge is 2.15. The summed E-state index contributed by atoms with van der Waals surface area (Å²) in [6.07, 6.45) is 2.22. The smallest absolute Gasteiger partial charge is 0.254 e. The molecule has 0 fully saturated rings. The number of hydrogen-bond donors (Lipinski definition) is 1. The number of nitrogens with one attached hydrogen (secondary N) is 1. The lowest BCUT2D eigenvalue weighted by atomic mass is 10.1. The summed E-state index contributed by atoms with van der Waals surface area (Å²) in [6, 6.07) is 6.87. The number of ether oxygens (including phenoxy) is 2. The molecule has 1 aromatic carbocycles. The zero-order valence-corrected chi connectivity index (χ0v) is 13.6. The van der Waals surface area contributed by atoms with Gasteiger partial charge in [-0.15, -0.1) is 0 Å². The molecule has 3 rings (SSSR count). The number of hydrogen-bond acceptors (Lipinski definition) is 5. The van der Waals surface area contributed by atoms with E-state index < -0.39 is 0 Å². The molecule has 0 saturated carbocycles. The second-order valence-corrected chi connectivity index (χ2v) is 5.69. The van der Waals surface area contributed by atoms with Crippen LogP contribution in [-0.4, -0.2) is 28.3 Å². The summed E-state index contributed by atoms with van der Waals surface area (Å²) in [5.41, 5.74) is 1.00. The molecular weight excluding hydrogens is 310 g/mol. The number of carbonyl (C=O) groups is 1. The predicted molar refractivity (Wildman–Crippen MR) is 88.0 cm³/mol.